The molecule has 6 nitrogen and oxygen atoms in total. The summed E-state index contributed by atoms with van der Waals surface area (Å²) < 4.78 is 5.13. The number of methoxy groups -OCH3 is 1. The molecule has 80 valence electrons. The minimum atomic E-state index is 0.137. The van der Waals surface area contributed by atoms with Crippen LogP contribution in [-0.2, 0) is 4.74 Å². The number of aromatic amines is 1. The molecule has 2 heterocycles. The summed E-state index contributed by atoms with van der Waals surface area (Å²) >= 11 is 0. The summed E-state index contributed by atoms with van der Waals surface area (Å²) in [6.45, 7) is 2.68. The molecule has 0 fully saturated rings. The number of fused-ring (bicyclic) bond motifs is 1. The first-order valence-electron chi connectivity index (χ1n) is 4.72. The number of aromatic nitrogens is 4. The predicted molar refractivity (Wildman–Crippen MR) is 56.6 cm³/mol. The molecule has 0 bridgehead atoms. The van der Waals surface area contributed by atoms with Gasteiger partial charge in [-0.1, -0.05) is 0 Å². The van der Waals surface area contributed by atoms with E-state index in [1.165, 1.54) is 6.33 Å². The summed E-state index contributed by atoms with van der Waals surface area (Å²) in [5.74, 6) is 0.751. The summed E-state index contributed by atoms with van der Waals surface area (Å²) in [5.41, 5.74) is 1.48. The van der Waals surface area contributed by atoms with Crippen molar-refractivity contribution in [2.45, 2.75) is 13.0 Å². The van der Waals surface area contributed by atoms with Crippen molar-refractivity contribution in [1.29, 1.82) is 0 Å². The van der Waals surface area contributed by atoms with E-state index in [9.17, 15) is 0 Å². The Morgan fingerprint density at radius 1 is 1.47 bits per heavy atom. The lowest BCUT2D eigenvalue weighted by Crippen LogP contribution is -2.18. The normalized spacial score (nSPS) is 12.9. The van der Waals surface area contributed by atoms with Crippen LogP contribution in [0.5, 0.6) is 0 Å². The highest BCUT2D eigenvalue weighted by Gasteiger charge is 2.06. The van der Waals surface area contributed by atoms with Gasteiger partial charge < -0.3 is 15.0 Å². The quantitative estimate of drug-likeness (QED) is 0.775. The maximum atomic E-state index is 5.13. The van der Waals surface area contributed by atoms with Crippen molar-refractivity contribution in [3.63, 3.8) is 0 Å². The van der Waals surface area contributed by atoms with Crippen LogP contribution in [0.2, 0.25) is 0 Å². The smallest absolute Gasteiger partial charge is 0.182 e. The van der Waals surface area contributed by atoms with E-state index >= 15 is 0 Å². The minimum Gasteiger partial charge on any atom is -0.380 e. The molecule has 0 saturated heterocycles. The van der Waals surface area contributed by atoms with E-state index in [-0.39, 0.29) is 6.10 Å². The number of nitrogens with zero attached hydrogens (tertiary/aromatic N) is 3. The first-order chi connectivity index (χ1) is 7.31. The Bertz CT molecular complexity index is 441. The van der Waals surface area contributed by atoms with Crippen molar-refractivity contribution in [1.82, 2.24) is 19.9 Å². The summed E-state index contributed by atoms with van der Waals surface area (Å²) in [4.78, 5) is 15.2. The van der Waals surface area contributed by atoms with Crippen molar-refractivity contribution < 1.29 is 4.74 Å². The molecule has 0 amide bonds. The lowest BCUT2D eigenvalue weighted by atomic mass is 10.4. The molecule has 0 aliphatic heterocycles. The summed E-state index contributed by atoms with van der Waals surface area (Å²) in [5, 5.41) is 3.18. The molecule has 0 saturated carbocycles. The van der Waals surface area contributed by atoms with Gasteiger partial charge >= 0.3 is 0 Å². The van der Waals surface area contributed by atoms with Crippen LogP contribution in [0.25, 0.3) is 11.2 Å². The van der Waals surface area contributed by atoms with Gasteiger partial charge in [0, 0.05) is 13.7 Å². The van der Waals surface area contributed by atoms with Crippen molar-refractivity contribution >= 4 is 17.0 Å². The van der Waals surface area contributed by atoms with Crippen molar-refractivity contribution in [2.24, 2.45) is 0 Å². The lowest BCUT2D eigenvalue weighted by molar-refractivity contribution is 0.128. The van der Waals surface area contributed by atoms with Gasteiger partial charge in [-0.05, 0) is 6.92 Å². The molecule has 0 aliphatic rings. The molecule has 2 N–H and O–H groups in total. The second kappa shape index (κ2) is 4.22. The number of hydrogen-bond donors (Lipinski definition) is 2. The number of imidazole rings is 1. The van der Waals surface area contributed by atoms with Crippen LogP contribution >= 0.6 is 0 Å². The highest BCUT2D eigenvalue weighted by molar-refractivity contribution is 5.81. The summed E-state index contributed by atoms with van der Waals surface area (Å²) in [6, 6.07) is 0. The van der Waals surface area contributed by atoms with Gasteiger partial charge in [0.15, 0.2) is 11.5 Å². The molecule has 1 atom stereocenters. The van der Waals surface area contributed by atoms with Gasteiger partial charge in [-0.25, -0.2) is 15.0 Å². The molecule has 0 aliphatic carbocycles. The van der Waals surface area contributed by atoms with E-state index in [0.29, 0.717) is 12.2 Å². The number of anilines is 1. The van der Waals surface area contributed by atoms with Crippen LogP contribution in [0.1, 0.15) is 6.92 Å². The predicted octanol–water partition coefficient (Wildman–Crippen LogP) is 0.800. The van der Waals surface area contributed by atoms with E-state index in [4.69, 9.17) is 4.74 Å². The Labute approximate surface area is 87.1 Å². The first-order valence-corrected chi connectivity index (χ1v) is 4.72. The Hall–Kier alpha value is -1.69. The van der Waals surface area contributed by atoms with Crippen LogP contribution in [0.3, 0.4) is 0 Å². The third kappa shape index (κ3) is 2.04. The lowest BCUT2D eigenvalue weighted by Gasteiger charge is -2.10. The van der Waals surface area contributed by atoms with Crippen LogP contribution in [0.15, 0.2) is 12.7 Å². The van der Waals surface area contributed by atoms with E-state index in [2.05, 4.69) is 25.3 Å². The highest BCUT2D eigenvalue weighted by atomic mass is 16.5. The standard InChI is InChI=1S/C9H13N5O/c1-6(15-2)3-10-8-7-9(12-4-11-7)14-5-13-8/h4-6H,3H2,1-2H3,(H2,10,11,12,13,14). The minimum absolute atomic E-state index is 0.137. The average Bonchev–Trinajstić information content (AvgIpc) is 2.74. The van der Waals surface area contributed by atoms with Gasteiger partial charge in [0.05, 0.1) is 12.4 Å². The Morgan fingerprint density at radius 2 is 2.33 bits per heavy atom. The van der Waals surface area contributed by atoms with Gasteiger partial charge in [-0.15, -0.1) is 0 Å². The zero-order valence-electron chi connectivity index (χ0n) is 8.69. The topological polar surface area (TPSA) is 75.7 Å². The van der Waals surface area contributed by atoms with E-state index < -0.39 is 0 Å². The van der Waals surface area contributed by atoms with Gasteiger partial charge in [-0.3, -0.25) is 0 Å². The van der Waals surface area contributed by atoms with E-state index in [1.807, 2.05) is 6.92 Å². The van der Waals surface area contributed by atoms with Crippen molar-refractivity contribution in [3.8, 4) is 0 Å². The number of rotatable bonds is 4. The van der Waals surface area contributed by atoms with Crippen LogP contribution in [0.4, 0.5) is 5.82 Å². The fraction of sp³-hybridized carbons (Fsp3) is 0.444. The molecule has 1 unspecified atom stereocenters. The van der Waals surface area contributed by atoms with Crippen LogP contribution in [-0.4, -0.2) is 39.7 Å². The summed E-state index contributed by atoms with van der Waals surface area (Å²) in [6.07, 6.45) is 3.23. The molecule has 15 heavy (non-hydrogen) atoms. The van der Waals surface area contributed by atoms with Crippen LogP contribution < -0.4 is 5.32 Å². The zero-order chi connectivity index (χ0) is 10.7. The molecule has 0 spiro atoms. The number of nitrogens with one attached hydrogen (secondary N) is 2. The SMILES string of the molecule is COC(C)CNc1ncnc2nc[nH]c12. The molecule has 0 aromatic carbocycles. The average molecular weight is 207 g/mol. The molecule has 2 rings (SSSR count). The van der Waals surface area contributed by atoms with Crippen molar-refractivity contribution in [2.75, 3.05) is 19.0 Å². The fourth-order valence-electron chi connectivity index (χ4n) is 1.22. The maximum Gasteiger partial charge on any atom is 0.182 e. The highest BCUT2D eigenvalue weighted by Crippen LogP contribution is 2.13. The van der Waals surface area contributed by atoms with Crippen molar-refractivity contribution in [3.05, 3.63) is 12.7 Å². The number of ether oxygens (including phenoxy) is 1. The Morgan fingerprint density at radius 3 is 3.13 bits per heavy atom. The second-order valence-corrected chi connectivity index (χ2v) is 3.25. The van der Waals surface area contributed by atoms with Crippen LogP contribution in [0, 0.1) is 0 Å². The molecule has 2 aromatic rings. The van der Waals surface area contributed by atoms with Gasteiger partial charge in [0.1, 0.15) is 11.8 Å². The molecule has 2 aromatic heterocycles. The molecule has 0 radical (unpaired) electrons. The van der Waals surface area contributed by atoms with Gasteiger partial charge in [-0.2, -0.15) is 0 Å². The molecular formula is C9H13N5O. The zero-order valence-corrected chi connectivity index (χ0v) is 8.69. The second-order valence-electron chi connectivity index (χ2n) is 3.25. The molecule has 6 heteroatoms. The van der Waals surface area contributed by atoms with E-state index in [1.54, 1.807) is 13.4 Å². The number of H-pyrrole nitrogens is 1. The summed E-state index contributed by atoms with van der Waals surface area (Å²) in [7, 11) is 1.68. The monoisotopic (exact) mass is 207 g/mol. The maximum absolute atomic E-state index is 5.13. The Kier molecular flexibility index (Phi) is 2.77. The number of hydrogen-bond acceptors (Lipinski definition) is 5. The van der Waals surface area contributed by atoms with E-state index in [0.717, 1.165) is 11.3 Å². The fourth-order valence-corrected chi connectivity index (χ4v) is 1.22. The van der Waals surface area contributed by atoms with Gasteiger partial charge in [0.25, 0.3) is 0 Å². The molecular weight excluding hydrogens is 194 g/mol. The Balaban J connectivity index is 2.17. The largest absolute Gasteiger partial charge is 0.380 e. The third-order valence-corrected chi connectivity index (χ3v) is 2.18. The van der Waals surface area contributed by atoms with Gasteiger partial charge in [0.2, 0.25) is 0 Å². The first kappa shape index (κ1) is 9.85. The third-order valence-electron chi connectivity index (χ3n) is 2.18.